The van der Waals surface area contributed by atoms with Crippen LogP contribution in [0.5, 0.6) is 0 Å². The van der Waals surface area contributed by atoms with Crippen LogP contribution in [0.25, 0.3) is 0 Å². The molecule has 0 amide bonds. The molecule has 1 N–H and O–H groups in total. The summed E-state index contributed by atoms with van der Waals surface area (Å²) in [6.45, 7) is 13.9. The third kappa shape index (κ3) is 3.31. The van der Waals surface area contributed by atoms with E-state index >= 15 is 0 Å². The summed E-state index contributed by atoms with van der Waals surface area (Å²) in [5, 5.41) is 11.0. The number of aliphatic hydroxyl groups is 1. The normalized spacial score (nSPS) is 46.0. The molecule has 0 heterocycles. The SMILES string of the molecule is COC(=O)[C@]12CCC(C)(C)CC1=C1CC[C@@H]3[C@@]4(C)CC[C@@H](O)C(C)(C)C4CC[C@@]3(C)[C@]1(C(=O)OC)CC2. The molecule has 5 heteroatoms. The molecular weight excluding hydrogens is 464 g/mol. The van der Waals surface area contributed by atoms with Crippen molar-refractivity contribution in [1.82, 2.24) is 0 Å². The van der Waals surface area contributed by atoms with Crippen LogP contribution in [0.3, 0.4) is 0 Å². The molecule has 5 aliphatic rings. The van der Waals surface area contributed by atoms with E-state index in [2.05, 4.69) is 41.5 Å². The number of methoxy groups -OCH3 is 2. The Hall–Kier alpha value is -1.36. The Balaban J connectivity index is 1.71. The lowest BCUT2D eigenvalue weighted by atomic mass is 9.33. The van der Waals surface area contributed by atoms with E-state index in [1.807, 2.05) is 0 Å². The smallest absolute Gasteiger partial charge is 0.316 e. The molecule has 7 atom stereocenters. The zero-order chi connectivity index (χ0) is 27.2. The van der Waals surface area contributed by atoms with Gasteiger partial charge in [0.15, 0.2) is 0 Å². The van der Waals surface area contributed by atoms with Crippen molar-refractivity contribution in [3.8, 4) is 0 Å². The minimum Gasteiger partial charge on any atom is -0.468 e. The Bertz CT molecular complexity index is 1020. The molecule has 0 bridgehead atoms. The highest BCUT2D eigenvalue weighted by molar-refractivity contribution is 5.87. The van der Waals surface area contributed by atoms with Crippen LogP contribution in [0.15, 0.2) is 11.1 Å². The molecular formula is C32H50O5. The standard InChI is InChI=1S/C32H50O5/c1-27(2)15-16-31(25(34)36-7)17-18-32(26(35)37-8)20(21(31)19-27)9-10-23-29(5)13-12-24(33)28(3,4)22(29)11-14-30(23,32)6/h22-24,33H,9-19H2,1-8H3/t22?,23-,24-,29+,30-,31+,32-/m1/s1. The van der Waals surface area contributed by atoms with Gasteiger partial charge in [-0.2, -0.15) is 0 Å². The third-order valence-corrected chi connectivity index (χ3v) is 13.1. The zero-order valence-corrected chi connectivity index (χ0v) is 24.6. The van der Waals surface area contributed by atoms with Gasteiger partial charge in [0.2, 0.25) is 0 Å². The zero-order valence-electron chi connectivity index (χ0n) is 24.6. The van der Waals surface area contributed by atoms with Gasteiger partial charge >= 0.3 is 11.9 Å². The van der Waals surface area contributed by atoms with E-state index in [9.17, 15) is 14.7 Å². The van der Waals surface area contributed by atoms with Crippen LogP contribution in [-0.2, 0) is 19.1 Å². The van der Waals surface area contributed by atoms with Gasteiger partial charge < -0.3 is 14.6 Å². The van der Waals surface area contributed by atoms with Crippen molar-refractivity contribution in [3.63, 3.8) is 0 Å². The monoisotopic (exact) mass is 514 g/mol. The number of hydrogen-bond acceptors (Lipinski definition) is 5. The Morgan fingerprint density at radius 1 is 0.757 bits per heavy atom. The van der Waals surface area contributed by atoms with Crippen molar-refractivity contribution < 1.29 is 24.2 Å². The molecule has 4 saturated carbocycles. The third-order valence-electron chi connectivity index (χ3n) is 13.1. The van der Waals surface area contributed by atoms with E-state index < -0.39 is 10.8 Å². The van der Waals surface area contributed by atoms with Crippen LogP contribution in [0, 0.1) is 44.3 Å². The largest absolute Gasteiger partial charge is 0.468 e. The topological polar surface area (TPSA) is 72.8 Å². The van der Waals surface area contributed by atoms with E-state index in [-0.39, 0.29) is 39.7 Å². The van der Waals surface area contributed by atoms with Crippen molar-refractivity contribution in [2.24, 2.45) is 44.3 Å². The fourth-order valence-electron chi connectivity index (χ4n) is 11.1. The van der Waals surface area contributed by atoms with Crippen LogP contribution < -0.4 is 0 Å². The minimum absolute atomic E-state index is 0.0651. The van der Waals surface area contributed by atoms with Crippen molar-refractivity contribution >= 4 is 11.9 Å². The first-order chi connectivity index (χ1) is 17.2. The Kier molecular flexibility index (Phi) is 6.12. The quantitative estimate of drug-likeness (QED) is 0.331. The maximum Gasteiger partial charge on any atom is 0.316 e. The lowest BCUT2D eigenvalue weighted by Crippen LogP contribution is -2.66. The minimum atomic E-state index is -0.695. The average molecular weight is 515 g/mol. The van der Waals surface area contributed by atoms with E-state index in [1.54, 1.807) is 7.11 Å². The number of hydrogen-bond donors (Lipinski definition) is 1. The van der Waals surface area contributed by atoms with Gasteiger partial charge in [0, 0.05) is 0 Å². The lowest BCUT2D eigenvalue weighted by molar-refractivity contribution is -0.216. The van der Waals surface area contributed by atoms with E-state index in [0.717, 1.165) is 57.8 Å². The second-order valence-electron chi connectivity index (χ2n) is 15.3. The molecule has 0 spiro atoms. The Labute approximate surface area is 224 Å². The summed E-state index contributed by atoms with van der Waals surface area (Å²) in [4.78, 5) is 27.7. The number of ether oxygens (including phenoxy) is 2. The van der Waals surface area contributed by atoms with Gasteiger partial charge in [-0.3, -0.25) is 9.59 Å². The number of carbonyl (C=O) groups is 2. The molecule has 0 radical (unpaired) electrons. The molecule has 4 fully saturated rings. The van der Waals surface area contributed by atoms with Crippen LogP contribution in [0.2, 0.25) is 0 Å². The number of rotatable bonds is 2. The van der Waals surface area contributed by atoms with Gasteiger partial charge in [-0.05, 0) is 104 Å². The fraction of sp³-hybridized carbons (Fsp3) is 0.875. The summed E-state index contributed by atoms with van der Waals surface area (Å²) in [6, 6.07) is 0. The highest BCUT2D eigenvalue weighted by Gasteiger charge is 2.72. The first kappa shape index (κ1) is 27.2. The summed E-state index contributed by atoms with van der Waals surface area (Å²) >= 11 is 0. The molecule has 208 valence electrons. The van der Waals surface area contributed by atoms with Crippen LogP contribution in [0.1, 0.15) is 112 Å². The molecule has 0 aromatic rings. The fourth-order valence-corrected chi connectivity index (χ4v) is 11.1. The van der Waals surface area contributed by atoms with Gasteiger partial charge in [-0.15, -0.1) is 0 Å². The molecule has 37 heavy (non-hydrogen) atoms. The molecule has 1 unspecified atom stereocenters. The molecule has 5 aliphatic carbocycles. The van der Waals surface area contributed by atoms with Gasteiger partial charge in [-0.1, -0.05) is 52.7 Å². The number of carbonyl (C=O) groups excluding carboxylic acids is 2. The molecule has 5 nitrogen and oxygen atoms in total. The van der Waals surface area contributed by atoms with Crippen molar-refractivity contribution in [2.75, 3.05) is 14.2 Å². The number of fused-ring (bicyclic) bond motifs is 6. The first-order valence-electron chi connectivity index (χ1n) is 14.7. The van der Waals surface area contributed by atoms with E-state index in [1.165, 1.54) is 18.3 Å². The molecule has 0 aromatic carbocycles. The molecule has 0 aliphatic heterocycles. The summed E-state index contributed by atoms with van der Waals surface area (Å²) in [5.41, 5.74) is 0.912. The van der Waals surface area contributed by atoms with Crippen LogP contribution in [0.4, 0.5) is 0 Å². The summed E-state index contributed by atoms with van der Waals surface area (Å²) in [6.07, 6.45) is 9.37. The molecule has 0 saturated heterocycles. The number of esters is 2. The predicted octanol–water partition coefficient (Wildman–Crippen LogP) is 6.62. The van der Waals surface area contributed by atoms with Crippen molar-refractivity contribution in [2.45, 2.75) is 118 Å². The Morgan fingerprint density at radius 2 is 1.41 bits per heavy atom. The molecule has 5 rings (SSSR count). The molecule has 0 aromatic heterocycles. The van der Waals surface area contributed by atoms with E-state index in [0.29, 0.717) is 24.7 Å². The van der Waals surface area contributed by atoms with E-state index in [4.69, 9.17) is 9.47 Å². The Morgan fingerprint density at radius 3 is 2.05 bits per heavy atom. The van der Waals surface area contributed by atoms with Crippen molar-refractivity contribution in [1.29, 1.82) is 0 Å². The van der Waals surface area contributed by atoms with Crippen molar-refractivity contribution in [3.05, 3.63) is 11.1 Å². The summed E-state index contributed by atoms with van der Waals surface area (Å²) in [7, 11) is 3.06. The highest BCUT2D eigenvalue weighted by Crippen LogP contribution is 2.76. The average Bonchev–Trinajstić information content (AvgIpc) is 2.84. The second kappa shape index (κ2) is 8.32. The first-order valence-corrected chi connectivity index (χ1v) is 14.7. The van der Waals surface area contributed by atoms with Gasteiger partial charge in [-0.25, -0.2) is 0 Å². The summed E-state index contributed by atoms with van der Waals surface area (Å²) in [5.74, 6) is 0.587. The second-order valence-corrected chi connectivity index (χ2v) is 15.3. The predicted molar refractivity (Wildman–Crippen MR) is 143 cm³/mol. The lowest BCUT2D eigenvalue weighted by Gasteiger charge is -2.70. The van der Waals surface area contributed by atoms with Crippen LogP contribution in [-0.4, -0.2) is 37.4 Å². The highest BCUT2D eigenvalue weighted by atomic mass is 16.5. The maximum absolute atomic E-state index is 14.2. The summed E-state index contributed by atoms with van der Waals surface area (Å²) < 4.78 is 11.2. The number of aliphatic hydroxyl groups excluding tert-OH is 1. The van der Waals surface area contributed by atoms with Gasteiger partial charge in [0.05, 0.1) is 31.2 Å². The van der Waals surface area contributed by atoms with Crippen LogP contribution >= 0.6 is 0 Å². The van der Waals surface area contributed by atoms with Gasteiger partial charge in [0.1, 0.15) is 0 Å². The van der Waals surface area contributed by atoms with Gasteiger partial charge in [0.25, 0.3) is 0 Å². The maximum atomic E-state index is 14.2.